The molecule has 1 amide bonds. The third kappa shape index (κ3) is 2.83. The minimum Gasteiger partial charge on any atom is -0.480 e. The zero-order valence-electron chi connectivity index (χ0n) is 12.0. The molecule has 1 aliphatic heterocycles. The summed E-state index contributed by atoms with van der Waals surface area (Å²) in [6.45, 7) is 0.567. The van der Waals surface area contributed by atoms with E-state index >= 15 is 0 Å². The van der Waals surface area contributed by atoms with Crippen molar-refractivity contribution in [3.8, 4) is 5.75 Å². The summed E-state index contributed by atoms with van der Waals surface area (Å²) in [6, 6.07) is 9.85. The molecule has 0 saturated carbocycles. The van der Waals surface area contributed by atoms with Crippen LogP contribution in [0, 0.1) is 0 Å². The van der Waals surface area contributed by atoms with Crippen LogP contribution in [0.2, 0.25) is 0 Å². The van der Waals surface area contributed by atoms with Crippen LogP contribution >= 0.6 is 15.9 Å². The van der Waals surface area contributed by atoms with Crippen LogP contribution in [0.25, 0.3) is 0 Å². The van der Waals surface area contributed by atoms with Gasteiger partial charge >= 0.3 is 0 Å². The highest BCUT2D eigenvalue weighted by atomic mass is 79.9. The van der Waals surface area contributed by atoms with E-state index < -0.39 is 6.10 Å². The third-order valence-electron chi connectivity index (χ3n) is 3.77. The van der Waals surface area contributed by atoms with Gasteiger partial charge in [-0.15, -0.1) is 0 Å². The number of amides is 1. The predicted molar refractivity (Wildman–Crippen MR) is 84.1 cm³/mol. The molecule has 5 heteroatoms. The highest BCUT2D eigenvalue weighted by Gasteiger charge is 2.31. The van der Waals surface area contributed by atoms with Crippen molar-refractivity contribution in [3.63, 3.8) is 0 Å². The molecule has 0 aliphatic carbocycles. The van der Waals surface area contributed by atoms with Gasteiger partial charge in [-0.25, -0.2) is 0 Å². The Hall–Kier alpha value is -1.75. The fraction of sp³-hybridized carbons (Fsp3) is 0.312. The lowest BCUT2D eigenvalue weighted by molar-refractivity contribution is -0.137. The van der Waals surface area contributed by atoms with Crippen LogP contribution in [0.15, 0.2) is 41.0 Å². The first-order valence-corrected chi connectivity index (χ1v) is 7.64. The molecule has 0 spiro atoms. The molecular formula is C16H17BrN2O2. The summed E-state index contributed by atoms with van der Waals surface area (Å²) in [5.41, 5.74) is 2.18. The van der Waals surface area contributed by atoms with E-state index in [1.54, 1.807) is 4.90 Å². The predicted octanol–water partition coefficient (Wildman–Crippen LogP) is 2.75. The van der Waals surface area contributed by atoms with E-state index in [0.29, 0.717) is 13.0 Å². The second-order valence-electron chi connectivity index (χ2n) is 5.37. The van der Waals surface area contributed by atoms with E-state index in [4.69, 9.17) is 4.74 Å². The summed E-state index contributed by atoms with van der Waals surface area (Å²) >= 11 is 3.45. The summed E-state index contributed by atoms with van der Waals surface area (Å²) in [6.07, 6.45) is 2.22. The third-order valence-corrected chi connectivity index (χ3v) is 4.21. The number of hydrogen-bond donors (Lipinski definition) is 0. The van der Waals surface area contributed by atoms with Gasteiger partial charge in [0, 0.05) is 36.9 Å². The first kappa shape index (κ1) is 14.2. The number of carbonyl (C=O) groups excluding carboxylic acids is 1. The molecule has 0 N–H and O–H groups in total. The number of benzene rings is 1. The molecule has 3 rings (SSSR count). The molecule has 1 aromatic heterocycles. The molecule has 0 unspecified atom stereocenters. The lowest BCUT2D eigenvalue weighted by atomic mass is 10.1. The van der Waals surface area contributed by atoms with Gasteiger partial charge in [-0.3, -0.25) is 4.79 Å². The van der Waals surface area contributed by atoms with Crippen LogP contribution in [0.1, 0.15) is 11.3 Å². The van der Waals surface area contributed by atoms with Crippen LogP contribution < -0.4 is 4.74 Å². The SMILES string of the molecule is CN(Cc1cc(Br)cn1C)C(=O)[C@@H]1Cc2ccccc2O1. The second-order valence-corrected chi connectivity index (χ2v) is 6.29. The Kier molecular flexibility index (Phi) is 3.76. The molecule has 1 atom stereocenters. The molecule has 4 nitrogen and oxygen atoms in total. The first-order valence-electron chi connectivity index (χ1n) is 6.85. The van der Waals surface area contributed by atoms with Crippen molar-refractivity contribution in [2.75, 3.05) is 7.05 Å². The lowest BCUT2D eigenvalue weighted by Gasteiger charge is -2.21. The van der Waals surface area contributed by atoms with E-state index in [9.17, 15) is 4.79 Å². The smallest absolute Gasteiger partial charge is 0.264 e. The quantitative estimate of drug-likeness (QED) is 0.854. The van der Waals surface area contributed by atoms with Crippen molar-refractivity contribution < 1.29 is 9.53 Å². The van der Waals surface area contributed by atoms with Gasteiger partial charge in [0.05, 0.1) is 6.54 Å². The number of likely N-dealkylation sites (N-methyl/N-ethyl adjacent to an activating group) is 1. The Morgan fingerprint density at radius 1 is 1.48 bits per heavy atom. The summed E-state index contributed by atoms with van der Waals surface area (Å²) in [4.78, 5) is 14.2. The van der Waals surface area contributed by atoms with E-state index in [1.165, 1.54) is 0 Å². The lowest BCUT2D eigenvalue weighted by Crippen LogP contribution is -2.38. The number of carbonyl (C=O) groups is 1. The molecule has 0 radical (unpaired) electrons. The molecule has 0 bridgehead atoms. The molecule has 1 aliphatic rings. The fourth-order valence-electron chi connectivity index (χ4n) is 2.61. The number of halogens is 1. The summed E-state index contributed by atoms with van der Waals surface area (Å²) in [5, 5.41) is 0. The monoisotopic (exact) mass is 348 g/mol. The summed E-state index contributed by atoms with van der Waals surface area (Å²) in [7, 11) is 3.79. The molecule has 1 aromatic carbocycles. The minimum absolute atomic E-state index is 0.0172. The Morgan fingerprint density at radius 2 is 2.24 bits per heavy atom. The van der Waals surface area contributed by atoms with Crippen molar-refractivity contribution in [2.45, 2.75) is 19.1 Å². The fourth-order valence-corrected chi connectivity index (χ4v) is 3.18. The second kappa shape index (κ2) is 5.56. The Morgan fingerprint density at radius 3 is 2.90 bits per heavy atom. The van der Waals surface area contributed by atoms with Gasteiger partial charge in [0.1, 0.15) is 5.75 Å². The largest absolute Gasteiger partial charge is 0.480 e. The Labute approximate surface area is 132 Å². The van der Waals surface area contributed by atoms with Gasteiger partial charge in [-0.05, 0) is 33.6 Å². The van der Waals surface area contributed by atoms with Gasteiger partial charge < -0.3 is 14.2 Å². The summed E-state index contributed by atoms with van der Waals surface area (Å²) < 4.78 is 8.79. The molecular weight excluding hydrogens is 332 g/mol. The van der Waals surface area contributed by atoms with E-state index in [1.807, 2.05) is 55.2 Å². The van der Waals surface area contributed by atoms with Crippen LogP contribution in [0.5, 0.6) is 5.75 Å². The maximum Gasteiger partial charge on any atom is 0.264 e. The number of rotatable bonds is 3. The van der Waals surface area contributed by atoms with E-state index in [0.717, 1.165) is 21.5 Å². The number of ether oxygens (including phenoxy) is 1. The van der Waals surface area contributed by atoms with Gasteiger partial charge in [0.15, 0.2) is 6.10 Å². The van der Waals surface area contributed by atoms with Gasteiger partial charge in [-0.2, -0.15) is 0 Å². The van der Waals surface area contributed by atoms with Gasteiger partial charge in [-0.1, -0.05) is 18.2 Å². The van der Waals surface area contributed by atoms with Crippen molar-refractivity contribution in [3.05, 3.63) is 52.3 Å². The Balaban J connectivity index is 1.68. The average molecular weight is 349 g/mol. The molecule has 2 heterocycles. The van der Waals surface area contributed by atoms with Crippen molar-refractivity contribution >= 4 is 21.8 Å². The normalized spacial score (nSPS) is 16.4. The Bertz CT molecular complexity index is 656. The van der Waals surface area contributed by atoms with Crippen LogP contribution in [-0.2, 0) is 24.8 Å². The number of hydrogen-bond acceptors (Lipinski definition) is 2. The molecule has 0 saturated heterocycles. The van der Waals surface area contributed by atoms with Crippen molar-refractivity contribution in [1.29, 1.82) is 0 Å². The first-order chi connectivity index (χ1) is 10.0. The minimum atomic E-state index is -0.406. The molecule has 21 heavy (non-hydrogen) atoms. The number of para-hydroxylation sites is 1. The van der Waals surface area contributed by atoms with Gasteiger partial charge in [0.2, 0.25) is 0 Å². The number of aromatic nitrogens is 1. The van der Waals surface area contributed by atoms with Crippen LogP contribution in [0.4, 0.5) is 0 Å². The van der Waals surface area contributed by atoms with E-state index in [-0.39, 0.29) is 5.91 Å². The maximum atomic E-state index is 12.5. The topological polar surface area (TPSA) is 34.5 Å². The average Bonchev–Trinajstić information content (AvgIpc) is 3.01. The number of aryl methyl sites for hydroxylation is 1. The molecule has 110 valence electrons. The standard InChI is InChI=1S/C16H17BrN2O2/c1-18-9-12(17)8-13(18)10-19(2)16(20)15-7-11-5-3-4-6-14(11)21-15/h3-6,8-9,15H,7,10H2,1-2H3/t15-/m0/s1. The van der Waals surface area contributed by atoms with Crippen LogP contribution in [-0.4, -0.2) is 28.5 Å². The maximum absolute atomic E-state index is 12.5. The van der Waals surface area contributed by atoms with Crippen molar-refractivity contribution in [1.82, 2.24) is 9.47 Å². The van der Waals surface area contributed by atoms with Gasteiger partial charge in [0.25, 0.3) is 5.91 Å². The number of fused-ring (bicyclic) bond motifs is 1. The highest BCUT2D eigenvalue weighted by molar-refractivity contribution is 9.10. The number of nitrogens with zero attached hydrogens (tertiary/aromatic N) is 2. The highest BCUT2D eigenvalue weighted by Crippen LogP contribution is 2.29. The van der Waals surface area contributed by atoms with Crippen molar-refractivity contribution in [2.24, 2.45) is 7.05 Å². The summed E-state index contributed by atoms with van der Waals surface area (Å²) in [5.74, 6) is 0.842. The zero-order chi connectivity index (χ0) is 15.0. The zero-order valence-corrected chi connectivity index (χ0v) is 13.6. The van der Waals surface area contributed by atoms with E-state index in [2.05, 4.69) is 15.9 Å². The molecule has 2 aromatic rings. The van der Waals surface area contributed by atoms with Crippen LogP contribution in [0.3, 0.4) is 0 Å². The molecule has 0 fully saturated rings.